The molecular formula is C28H26FN5O2S. The number of hydrogen-bond donors (Lipinski definition) is 2. The molecule has 0 saturated carbocycles. The lowest BCUT2D eigenvalue weighted by atomic mass is 10.0. The van der Waals surface area contributed by atoms with Crippen molar-refractivity contribution >= 4 is 34.6 Å². The number of anilines is 2. The highest BCUT2D eigenvalue weighted by Gasteiger charge is 2.42. The Hall–Kier alpha value is -4.24. The van der Waals surface area contributed by atoms with Crippen LogP contribution in [0.1, 0.15) is 36.8 Å². The number of carbonyl (C=O) groups is 1. The lowest BCUT2D eigenvalue weighted by Gasteiger charge is -2.29. The summed E-state index contributed by atoms with van der Waals surface area (Å²) < 4.78 is 21.7. The third-order valence-corrected chi connectivity index (χ3v) is 6.64. The highest BCUT2D eigenvalue weighted by atomic mass is 32.1. The van der Waals surface area contributed by atoms with Crippen molar-refractivity contribution in [2.75, 3.05) is 17.3 Å². The summed E-state index contributed by atoms with van der Waals surface area (Å²) in [5.74, 6) is 0.0953. The smallest absolute Gasteiger partial charge is 0.224 e. The monoisotopic (exact) mass is 515 g/mol. The van der Waals surface area contributed by atoms with Crippen LogP contribution in [0.2, 0.25) is 0 Å². The Morgan fingerprint density at radius 1 is 1.11 bits per heavy atom. The number of nitrogens with one attached hydrogen (secondary N) is 2. The van der Waals surface area contributed by atoms with Crippen LogP contribution in [0.25, 0.3) is 5.69 Å². The fourth-order valence-corrected chi connectivity index (χ4v) is 4.95. The number of methoxy groups -OCH3 is 1. The van der Waals surface area contributed by atoms with Crippen molar-refractivity contribution in [2.45, 2.75) is 25.4 Å². The molecule has 37 heavy (non-hydrogen) atoms. The Bertz CT molecular complexity index is 1440. The number of halogens is 1. The van der Waals surface area contributed by atoms with Gasteiger partial charge in [0.25, 0.3) is 0 Å². The first-order valence-electron chi connectivity index (χ1n) is 11.9. The molecule has 1 fully saturated rings. The Morgan fingerprint density at radius 2 is 1.97 bits per heavy atom. The molecule has 0 radical (unpaired) electrons. The van der Waals surface area contributed by atoms with Crippen LogP contribution in [0, 0.1) is 5.82 Å². The summed E-state index contributed by atoms with van der Waals surface area (Å²) in [6.07, 6.45) is 4.01. The summed E-state index contributed by atoms with van der Waals surface area (Å²) >= 11 is 5.84. The van der Waals surface area contributed by atoms with E-state index in [4.69, 9.17) is 17.0 Å². The number of rotatable bonds is 7. The predicted octanol–water partition coefficient (Wildman–Crippen LogP) is 5.55. The van der Waals surface area contributed by atoms with Crippen molar-refractivity contribution in [3.05, 3.63) is 102 Å². The maximum absolute atomic E-state index is 14.1. The first kappa shape index (κ1) is 24.5. The van der Waals surface area contributed by atoms with Crippen molar-refractivity contribution < 1.29 is 13.9 Å². The van der Waals surface area contributed by atoms with Gasteiger partial charge in [0.15, 0.2) is 5.11 Å². The Balaban J connectivity index is 1.63. The van der Waals surface area contributed by atoms with E-state index in [0.29, 0.717) is 28.7 Å². The molecule has 188 valence electrons. The first-order chi connectivity index (χ1) is 18.0. The van der Waals surface area contributed by atoms with E-state index < -0.39 is 0 Å². The van der Waals surface area contributed by atoms with Crippen molar-refractivity contribution in [3.63, 3.8) is 0 Å². The highest BCUT2D eigenvalue weighted by Crippen LogP contribution is 2.43. The van der Waals surface area contributed by atoms with Gasteiger partial charge in [-0.1, -0.05) is 19.1 Å². The van der Waals surface area contributed by atoms with Crippen LogP contribution in [-0.2, 0) is 4.79 Å². The zero-order valence-corrected chi connectivity index (χ0v) is 21.2. The van der Waals surface area contributed by atoms with E-state index in [9.17, 15) is 9.18 Å². The Kier molecular flexibility index (Phi) is 6.87. The van der Waals surface area contributed by atoms with Crippen LogP contribution in [0.5, 0.6) is 5.75 Å². The van der Waals surface area contributed by atoms with E-state index in [-0.39, 0.29) is 23.8 Å². The second kappa shape index (κ2) is 10.4. The SMILES string of the molecule is CCC(=O)Nc1ccc(N2C(=S)N[C@H](c3ccccn3)[C@@H]2c2cccn2-c2cccc(F)c2)cc1OC. The average molecular weight is 516 g/mol. The van der Waals surface area contributed by atoms with Gasteiger partial charge in [-0.3, -0.25) is 9.78 Å². The third-order valence-electron chi connectivity index (χ3n) is 6.33. The van der Waals surface area contributed by atoms with Crippen LogP contribution in [0.4, 0.5) is 15.8 Å². The molecule has 1 saturated heterocycles. The fraction of sp³-hybridized carbons (Fsp3) is 0.179. The lowest BCUT2D eigenvalue weighted by Crippen LogP contribution is -2.30. The molecule has 7 nitrogen and oxygen atoms in total. The minimum Gasteiger partial charge on any atom is -0.494 e. The van der Waals surface area contributed by atoms with Crippen LogP contribution in [0.3, 0.4) is 0 Å². The van der Waals surface area contributed by atoms with E-state index in [1.807, 2.05) is 64.2 Å². The average Bonchev–Trinajstić information content (AvgIpc) is 3.53. The minimum absolute atomic E-state index is 0.106. The molecule has 1 aliphatic heterocycles. The van der Waals surface area contributed by atoms with E-state index in [1.54, 1.807) is 32.4 Å². The normalized spacial score (nSPS) is 16.9. The number of benzene rings is 2. The number of ether oxygens (including phenoxy) is 1. The number of thiocarbonyl (C=S) groups is 1. The topological polar surface area (TPSA) is 71.4 Å². The minimum atomic E-state index is -0.318. The maximum Gasteiger partial charge on any atom is 0.224 e. The van der Waals surface area contributed by atoms with Gasteiger partial charge < -0.3 is 24.8 Å². The predicted molar refractivity (Wildman–Crippen MR) is 146 cm³/mol. The van der Waals surface area contributed by atoms with Gasteiger partial charge in [0.1, 0.15) is 17.6 Å². The molecule has 0 bridgehead atoms. The van der Waals surface area contributed by atoms with Gasteiger partial charge in [-0.25, -0.2) is 4.39 Å². The van der Waals surface area contributed by atoms with Crippen LogP contribution in [-0.4, -0.2) is 27.7 Å². The number of amides is 1. The summed E-state index contributed by atoms with van der Waals surface area (Å²) in [6, 6.07) is 21.1. The number of hydrogen-bond acceptors (Lipinski definition) is 4. The van der Waals surface area contributed by atoms with Crippen molar-refractivity contribution in [1.82, 2.24) is 14.9 Å². The lowest BCUT2D eigenvalue weighted by molar-refractivity contribution is -0.115. The Morgan fingerprint density at radius 3 is 2.70 bits per heavy atom. The van der Waals surface area contributed by atoms with Gasteiger partial charge in [-0.05, 0) is 66.8 Å². The number of pyridine rings is 1. The largest absolute Gasteiger partial charge is 0.494 e. The molecule has 3 heterocycles. The number of aromatic nitrogens is 2. The van der Waals surface area contributed by atoms with E-state index in [2.05, 4.69) is 15.6 Å². The van der Waals surface area contributed by atoms with Crippen LogP contribution in [0.15, 0.2) is 85.2 Å². The van der Waals surface area contributed by atoms with Crippen LogP contribution >= 0.6 is 12.2 Å². The highest BCUT2D eigenvalue weighted by molar-refractivity contribution is 7.80. The van der Waals surface area contributed by atoms with E-state index in [1.165, 1.54) is 12.1 Å². The standard InChI is InChI=1S/C28H26FN5O2S/c1-3-25(35)31-21-13-12-20(17-24(21)36-2)34-27(26(32-28(34)37)22-10-4-5-14-30-22)23-11-7-15-33(23)19-9-6-8-18(29)16-19/h4-17,26-27H,3H2,1-2H3,(H,31,35)(H,32,37)/t26-,27+/m1/s1. The maximum atomic E-state index is 14.1. The molecule has 4 aromatic rings. The summed E-state index contributed by atoms with van der Waals surface area (Å²) in [5.41, 5.74) is 3.78. The second-order valence-electron chi connectivity index (χ2n) is 8.57. The zero-order chi connectivity index (χ0) is 25.9. The molecule has 0 spiro atoms. The fourth-order valence-electron chi connectivity index (χ4n) is 4.60. The molecule has 2 atom stereocenters. The molecule has 2 aromatic heterocycles. The molecule has 2 N–H and O–H groups in total. The molecule has 1 amide bonds. The molecule has 0 unspecified atom stereocenters. The number of carbonyl (C=O) groups excluding carboxylic acids is 1. The zero-order valence-electron chi connectivity index (χ0n) is 20.4. The summed E-state index contributed by atoms with van der Waals surface area (Å²) in [7, 11) is 1.56. The van der Waals surface area contributed by atoms with Crippen molar-refractivity contribution in [2.24, 2.45) is 0 Å². The van der Waals surface area contributed by atoms with Gasteiger partial charge in [-0.15, -0.1) is 0 Å². The molecule has 1 aliphatic rings. The van der Waals surface area contributed by atoms with E-state index in [0.717, 1.165) is 17.1 Å². The molecule has 5 rings (SSSR count). The van der Waals surface area contributed by atoms with Crippen molar-refractivity contribution in [1.29, 1.82) is 0 Å². The third kappa shape index (κ3) is 4.77. The van der Waals surface area contributed by atoms with Gasteiger partial charge in [0.2, 0.25) is 5.91 Å². The first-order valence-corrected chi connectivity index (χ1v) is 12.3. The van der Waals surface area contributed by atoms with Crippen molar-refractivity contribution in [3.8, 4) is 11.4 Å². The Labute approximate surface area is 219 Å². The number of nitrogens with zero attached hydrogens (tertiary/aromatic N) is 3. The van der Waals surface area contributed by atoms with Crippen LogP contribution < -0.4 is 20.3 Å². The molecule has 0 aliphatic carbocycles. The van der Waals surface area contributed by atoms with Gasteiger partial charge in [0, 0.05) is 41.9 Å². The van der Waals surface area contributed by atoms with Gasteiger partial charge in [-0.2, -0.15) is 0 Å². The quantitative estimate of drug-likeness (QED) is 0.315. The molecule has 9 heteroatoms. The molecule has 2 aromatic carbocycles. The van der Waals surface area contributed by atoms with Gasteiger partial charge in [0.05, 0.1) is 24.5 Å². The summed E-state index contributed by atoms with van der Waals surface area (Å²) in [6.45, 7) is 1.79. The van der Waals surface area contributed by atoms with E-state index >= 15 is 0 Å². The van der Waals surface area contributed by atoms with Gasteiger partial charge >= 0.3 is 0 Å². The molecular weight excluding hydrogens is 489 g/mol. The second-order valence-corrected chi connectivity index (χ2v) is 8.95. The summed E-state index contributed by atoms with van der Waals surface area (Å²) in [5, 5.41) is 6.82. The summed E-state index contributed by atoms with van der Waals surface area (Å²) in [4.78, 5) is 18.6.